The van der Waals surface area contributed by atoms with E-state index in [9.17, 15) is 46.0 Å². The maximum atomic E-state index is 11.6. The second kappa shape index (κ2) is 17.3. The SMILES string of the molecule is C[C@@H]1CC[C@]2(NC1)O[C@@H]1C[C@H]3[C@@H]4CC=C5C[C@@H](O[C@H]6O[C@@H](CO)[C@H](O)[C@@H](O[C@H]7O[C@@H](CO)[C@H](O)[C@@H](O)[C@@H]7O)[C@@H]6O[C@H]6O[C@@H](C)[C@H](O)[C@@H](O)[C@@H]6O)CC[C@]5(C)[C@@H]4CC[C@@]3(C)[C@@H]1[C@H]2C. The molecule has 9 rings (SSSR count). The van der Waals surface area contributed by atoms with Crippen LogP contribution in [0.25, 0.3) is 0 Å². The quantitative estimate of drug-likeness (QED) is 0.142. The summed E-state index contributed by atoms with van der Waals surface area (Å²) in [5.41, 5.74) is 1.32. The van der Waals surface area contributed by atoms with Crippen LogP contribution < -0.4 is 5.32 Å². The normalized spacial score (nSPS) is 57.6. The summed E-state index contributed by atoms with van der Waals surface area (Å²) < 4.78 is 43.9. The number of nitrogens with one attached hydrogen (secondary N) is 1. The van der Waals surface area contributed by atoms with Crippen LogP contribution in [0.15, 0.2) is 11.6 Å². The van der Waals surface area contributed by atoms with Crippen molar-refractivity contribution in [2.24, 2.45) is 46.3 Å². The maximum absolute atomic E-state index is 11.6. The highest BCUT2D eigenvalue weighted by Gasteiger charge is 2.68. The van der Waals surface area contributed by atoms with E-state index >= 15 is 0 Å². The molecule has 62 heavy (non-hydrogen) atoms. The van der Waals surface area contributed by atoms with Crippen molar-refractivity contribution in [2.45, 2.75) is 202 Å². The van der Waals surface area contributed by atoms with Crippen molar-refractivity contribution in [3.05, 3.63) is 11.6 Å². The van der Waals surface area contributed by atoms with Gasteiger partial charge >= 0.3 is 0 Å². The highest BCUT2D eigenvalue weighted by molar-refractivity contribution is 5.26. The van der Waals surface area contributed by atoms with Crippen LogP contribution in [-0.4, -0.2) is 176 Å². The van der Waals surface area contributed by atoms with Gasteiger partial charge in [-0.15, -0.1) is 0 Å². The lowest BCUT2D eigenvalue weighted by Crippen LogP contribution is -2.67. The summed E-state index contributed by atoms with van der Waals surface area (Å²) in [4.78, 5) is 0. The number of hydrogen-bond acceptors (Lipinski definition) is 17. The molecule has 0 aromatic rings. The molecule has 5 aliphatic heterocycles. The second-order valence-corrected chi connectivity index (χ2v) is 21.2. The Morgan fingerprint density at radius 3 is 2.05 bits per heavy atom. The molecule has 0 aromatic carbocycles. The number of piperidine rings is 1. The minimum Gasteiger partial charge on any atom is -0.394 e. The fourth-order valence-electron chi connectivity index (χ4n) is 14.2. The topological polar surface area (TPSA) is 259 Å². The van der Waals surface area contributed by atoms with Gasteiger partial charge in [0.2, 0.25) is 0 Å². The number of aliphatic hydroxyl groups excluding tert-OH is 9. The van der Waals surface area contributed by atoms with Gasteiger partial charge in [0, 0.05) is 12.5 Å². The molecule has 0 radical (unpaired) electrons. The van der Waals surface area contributed by atoms with Crippen molar-refractivity contribution in [1.29, 1.82) is 0 Å². The summed E-state index contributed by atoms with van der Waals surface area (Å²) in [5, 5.41) is 99.7. The lowest BCUT2D eigenvalue weighted by Gasteiger charge is -2.59. The lowest BCUT2D eigenvalue weighted by molar-refractivity contribution is -0.394. The van der Waals surface area contributed by atoms with Gasteiger partial charge in [0.25, 0.3) is 0 Å². The van der Waals surface area contributed by atoms with E-state index in [1.165, 1.54) is 25.3 Å². The Kier molecular flexibility index (Phi) is 12.9. The molecular weight excluding hydrogens is 810 g/mol. The first kappa shape index (κ1) is 46.2. The molecule has 354 valence electrons. The molecule has 5 heterocycles. The summed E-state index contributed by atoms with van der Waals surface area (Å²) in [6.07, 6.45) is -11.9. The summed E-state index contributed by atoms with van der Waals surface area (Å²) in [7, 11) is 0. The van der Waals surface area contributed by atoms with Crippen LogP contribution in [0.4, 0.5) is 0 Å². The van der Waals surface area contributed by atoms with Crippen LogP contribution in [0, 0.1) is 46.3 Å². The summed E-state index contributed by atoms with van der Waals surface area (Å²) in [6, 6.07) is 0. The number of rotatable bonds is 8. The fraction of sp³-hybridized carbons (Fsp3) is 0.956. The first-order valence-electron chi connectivity index (χ1n) is 23.5. The summed E-state index contributed by atoms with van der Waals surface area (Å²) >= 11 is 0. The van der Waals surface area contributed by atoms with Crippen molar-refractivity contribution in [2.75, 3.05) is 19.8 Å². The Hall–Kier alpha value is -0.940. The molecule has 0 bridgehead atoms. The van der Waals surface area contributed by atoms with Gasteiger partial charge in [0.05, 0.1) is 31.5 Å². The van der Waals surface area contributed by atoms with E-state index in [-0.39, 0.29) is 22.7 Å². The Morgan fingerprint density at radius 2 is 1.35 bits per heavy atom. The van der Waals surface area contributed by atoms with Gasteiger partial charge < -0.3 is 79.1 Å². The largest absolute Gasteiger partial charge is 0.394 e. The zero-order chi connectivity index (χ0) is 44.2. The van der Waals surface area contributed by atoms with Gasteiger partial charge in [-0.2, -0.15) is 0 Å². The predicted molar refractivity (Wildman–Crippen MR) is 216 cm³/mol. The molecule has 0 aromatic heterocycles. The van der Waals surface area contributed by atoms with Crippen molar-refractivity contribution < 1.29 is 79.1 Å². The number of ether oxygens (including phenoxy) is 7. The molecule has 0 unspecified atom stereocenters. The highest BCUT2D eigenvalue weighted by atomic mass is 16.8. The smallest absolute Gasteiger partial charge is 0.187 e. The maximum Gasteiger partial charge on any atom is 0.187 e. The number of hydrogen-bond donors (Lipinski definition) is 10. The van der Waals surface area contributed by atoms with Crippen LogP contribution in [0.5, 0.6) is 0 Å². The molecule has 26 atom stereocenters. The molecule has 9 aliphatic rings. The minimum absolute atomic E-state index is 0.0361. The third-order valence-corrected chi connectivity index (χ3v) is 17.9. The van der Waals surface area contributed by atoms with Crippen molar-refractivity contribution in [3.8, 4) is 0 Å². The standard InChI is InChI=1S/C45H73NO16/c1-19-8-13-45(46-16-19)20(2)30-27(62-45)15-26-24-7-6-22-14-23(9-11-43(22,4)25(24)10-12-44(26,30)5)57-42-39(61-40-36(54)34(52)31(49)21(3)56-40)38(33(51)29(18-48)59-42)60-41-37(55)35(53)32(50)28(17-47)58-41/h6,19-21,23-42,46-55H,7-18H2,1-5H3/t19-,20-,21+,23+,24-,25-,26+,27-,28+,29+,30-,31+,32+,33+,34-,35-,36+,37+,38-,39+,40-,41-,42+,43+,44-,45+/m1/s1. The van der Waals surface area contributed by atoms with Crippen LogP contribution in [0.2, 0.25) is 0 Å². The number of aliphatic hydroxyl groups is 9. The van der Waals surface area contributed by atoms with Crippen LogP contribution in [-0.2, 0) is 33.2 Å². The van der Waals surface area contributed by atoms with Gasteiger partial charge in [-0.25, -0.2) is 0 Å². The molecule has 4 aliphatic carbocycles. The first-order valence-corrected chi connectivity index (χ1v) is 23.5. The van der Waals surface area contributed by atoms with Crippen molar-refractivity contribution in [3.63, 3.8) is 0 Å². The summed E-state index contributed by atoms with van der Waals surface area (Å²) in [5.74, 6) is 3.32. The van der Waals surface area contributed by atoms with E-state index in [1.807, 2.05) is 0 Å². The molecule has 10 N–H and O–H groups in total. The van der Waals surface area contributed by atoms with Crippen LogP contribution in [0.1, 0.15) is 92.4 Å². The minimum atomic E-state index is -1.84. The third kappa shape index (κ3) is 7.49. The Bertz CT molecular complexity index is 1610. The second-order valence-electron chi connectivity index (χ2n) is 21.2. The Balaban J connectivity index is 0.940. The average Bonchev–Trinajstić information content (AvgIpc) is 3.70. The zero-order valence-electron chi connectivity index (χ0n) is 36.7. The predicted octanol–water partition coefficient (Wildman–Crippen LogP) is -0.213. The van der Waals surface area contributed by atoms with E-state index in [0.29, 0.717) is 48.3 Å². The molecule has 17 heteroatoms. The van der Waals surface area contributed by atoms with Crippen molar-refractivity contribution in [1.82, 2.24) is 5.32 Å². The molecule has 1 spiro atoms. The number of fused-ring (bicyclic) bond motifs is 7. The van der Waals surface area contributed by atoms with Crippen LogP contribution in [0.3, 0.4) is 0 Å². The third-order valence-electron chi connectivity index (χ3n) is 17.9. The average molecular weight is 884 g/mol. The molecule has 0 amide bonds. The van der Waals surface area contributed by atoms with Gasteiger partial charge in [-0.05, 0) is 105 Å². The van der Waals surface area contributed by atoms with Crippen LogP contribution >= 0.6 is 0 Å². The van der Waals surface area contributed by atoms with Crippen molar-refractivity contribution >= 4 is 0 Å². The van der Waals surface area contributed by atoms with E-state index in [1.54, 1.807) is 0 Å². The van der Waals surface area contributed by atoms with E-state index in [4.69, 9.17) is 33.2 Å². The van der Waals surface area contributed by atoms with Gasteiger partial charge in [0.15, 0.2) is 18.9 Å². The molecule has 8 fully saturated rings. The Labute approximate surface area is 364 Å². The fourth-order valence-corrected chi connectivity index (χ4v) is 14.2. The van der Waals surface area contributed by atoms with E-state index < -0.39 is 111 Å². The number of allylic oxidation sites excluding steroid dienone is 1. The molecular formula is C45H73NO16. The van der Waals surface area contributed by atoms with Gasteiger partial charge in [-0.3, -0.25) is 5.32 Å². The zero-order valence-corrected chi connectivity index (χ0v) is 36.7. The molecule has 3 saturated carbocycles. The lowest BCUT2D eigenvalue weighted by atomic mass is 9.47. The van der Waals surface area contributed by atoms with E-state index in [2.05, 4.69) is 39.1 Å². The first-order chi connectivity index (χ1) is 29.4. The van der Waals surface area contributed by atoms with Gasteiger partial charge in [0.1, 0.15) is 72.9 Å². The van der Waals surface area contributed by atoms with E-state index in [0.717, 1.165) is 38.6 Å². The summed E-state index contributed by atoms with van der Waals surface area (Å²) in [6.45, 7) is 10.8. The molecule has 5 saturated heterocycles. The highest BCUT2D eigenvalue weighted by Crippen LogP contribution is 2.70. The monoisotopic (exact) mass is 883 g/mol. The van der Waals surface area contributed by atoms with Gasteiger partial charge in [-0.1, -0.05) is 39.3 Å². The Morgan fingerprint density at radius 1 is 0.694 bits per heavy atom. The molecule has 17 nitrogen and oxygen atoms in total.